The van der Waals surface area contributed by atoms with E-state index >= 15 is 0 Å². The molecule has 3 aromatic rings. The molecule has 0 fully saturated rings. The van der Waals surface area contributed by atoms with Crippen molar-refractivity contribution in [3.05, 3.63) is 77.1 Å². The SMILES string of the molecule is Cc1nnnn1C(=Cc1ccccc1)C(=O)OCc1ccc(C(C)(C)C)cc1. The van der Waals surface area contributed by atoms with Gasteiger partial charge in [-0.2, -0.15) is 4.68 Å². The zero-order chi connectivity index (χ0) is 20.1. The van der Waals surface area contributed by atoms with Gasteiger partial charge in [0.15, 0.2) is 11.5 Å². The third-order valence-corrected chi connectivity index (χ3v) is 4.36. The lowest BCUT2D eigenvalue weighted by molar-refractivity contribution is -0.138. The second kappa shape index (κ2) is 8.17. The van der Waals surface area contributed by atoms with Crippen molar-refractivity contribution in [3.8, 4) is 0 Å². The second-order valence-corrected chi connectivity index (χ2v) is 7.60. The number of esters is 1. The summed E-state index contributed by atoms with van der Waals surface area (Å²) in [4.78, 5) is 12.8. The minimum Gasteiger partial charge on any atom is -0.456 e. The number of nitrogens with zero attached hydrogens (tertiary/aromatic N) is 4. The molecule has 1 heterocycles. The van der Waals surface area contributed by atoms with Gasteiger partial charge in [0.2, 0.25) is 0 Å². The molecule has 0 amide bonds. The number of ether oxygens (including phenoxy) is 1. The first-order chi connectivity index (χ1) is 13.3. The number of carbonyl (C=O) groups excluding carboxylic acids is 1. The number of hydrogen-bond donors (Lipinski definition) is 0. The maximum absolute atomic E-state index is 12.8. The van der Waals surface area contributed by atoms with Gasteiger partial charge in [-0.25, -0.2) is 4.79 Å². The molecular weight excluding hydrogens is 352 g/mol. The molecule has 0 bridgehead atoms. The molecular formula is C22H24N4O2. The Morgan fingerprint density at radius 3 is 2.32 bits per heavy atom. The van der Waals surface area contributed by atoms with Crippen LogP contribution >= 0.6 is 0 Å². The first kappa shape index (κ1) is 19.5. The van der Waals surface area contributed by atoms with Gasteiger partial charge in [0.05, 0.1) is 0 Å². The van der Waals surface area contributed by atoms with Crippen molar-refractivity contribution in [1.29, 1.82) is 0 Å². The first-order valence-corrected chi connectivity index (χ1v) is 9.13. The number of benzene rings is 2. The third-order valence-electron chi connectivity index (χ3n) is 4.36. The minimum atomic E-state index is -0.487. The predicted molar refractivity (Wildman–Crippen MR) is 108 cm³/mol. The maximum Gasteiger partial charge on any atom is 0.357 e. The standard InChI is InChI=1S/C22H24N4O2/c1-16-23-24-25-26(16)20(14-17-8-6-5-7-9-17)21(27)28-15-18-10-12-19(13-11-18)22(2,3)4/h5-14H,15H2,1-4H3. The van der Waals surface area contributed by atoms with Crippen LogP contribution in [-0.2, 0) is 21.6 Å². The summed E-state index contributed by atoms with van der Waals surface area (Å²) >= 11 is 0. The Bertz CT molecular complexity index is 968. The monoisotopic (exact) mass is 376 g/mol. The number of aryl methyl sites for hydroxylation is 1. The van der Waals surface area contributed by atoms with E-state index < -0.39 is 5.97 Å². The Hall–Kier alpha value is -3.28. The van der Waals surface area contributed by atoms with Gasteiger partial charge in [-0.15, -0.1) is 5.10 Å². The van der Waals surface area contributed by atoms with Gasteiger partial charge in [0.25, 0.3) is 0 Å². The topological polar surface area (TPSA) is 69.9 Å². The Labute approximate surface area is 164 Å². The number of tetrazole rings is 1. The number of hydrogen-bond acceptors (Lipinski definition) is 5. The van der Waals surface area contributed by atoms with Crippen LogP contribution in [0.2, 0.25) is 0 Å². The van der Waals surface area contributed by atoms with Crippen LogP contribution in [0.1, 0.15) is 43.3 Å². The molecule has 3 rings (SSSR count). The van der Waals surface area contributed by atoms with E-state index in [1.807, 2.05) is 42.5 Å². The summed E-state index contributed by atoms with van der Waals surface area (Å²) in [5, 5.41) is 11.4. The van der Waals surface area contributed by atoms with Gasteiger partial charge in [-0.05, 0) is 45.5 Å². The van der Waals surface area contributed by atoms with E-state index in [4.69, 9.17) is 4.74 Å². The number of carbonyl (C=O) groups is 1. The molecule has 0 aliphatic heterocycles. The molecule has 6 nitrogen and oxygen atoms in total. The maximum atomic E-state index is 12.8. The molecule has 1 aromatic heterocycles. The van der Waals surface area contributed by atoms with Gasteiger partial charge < -0.3 is 4.74 Å². The zero-order valence-electron chi connectivity index (χ0n) is 16.6. The summed E-state index contributed by atoms with van der Waals surface area (Å²) in [5.74, 6) is 0.0211. The van der Waals surface area contributed by atoms with Crippen LogP contribution < -0.4 is 0 Å². The molecule has 144 valence electrons. The third kappa shape index (κ3) is 4.71. The minimum absolute atomic E-state index is 0.0818. The molecule has 6 heteroatoms. The highest BCUT2D eigenvalue weighted by Crippen LogP contribution is 2.22. The Balaban J connectivity index is 1.79. The average molecular weight is 376 g/mol. The number of rotatable bonds is 5. The molecule has 0 aliphatic rings. The smallest absolute Gasteiger partial charge is 0.357 e. The van der Waals surface area contributed by atoms with E-state index in [0.29, 0.717) is 5.82 Å². The van der Waals surface area contributed by atoms with Crippen LogP contribution in [0, 0.1) is 6.92 Å². The van der Waals surface area contributed by atoms with E-state index in [1.165, 1.54) is 10.2 Å². The zero-order valence-corrected chi connectivity index (χ0v) is 16.6. The van der Waals surface area contributed by atoms with Crippen LogP contribution in [-0.4, -0.2) is 26.2 Å². The second-order valence-electron chi connectivity index (χ2n) is 7.60. The molecule has 28 heavy (non-hydrogen) atoms. The highest BCUT2D eigenvalue weighted by Gasteiger charge is 2.18. The lowest BCUT2D eigenvalue weighted by atomic mass is 9.87. The highest BCUT2D eigenvalue weighted by molar-refractivity contribution is 6.15. The van der Waals surface area contributed by atoms with E-state index in [2.05, 4.69) is 48.4 Å². The van der Waals surface area contributed by atoms with Crippen molar-refractivity contribution in [2.75, 3.05) is 0 Å². The summed E-state index contributed by atoms with van der Waals surface area (Å²) < 4.78 is 6.93. The Morgan fingerprint density at radius 2 is 1.75 bits per heavy atom. The quantitative estimate of drug-likeness (QED) is 0.497. The largest absolute Gasteiger partial charge is 0.456 e. The lowest BCUT2D eigenvalue weighted by Gasteiger charge is -2.19. The van der Waals surface area contributed by atoms with Crippen molar-refractivity contribution in [1.82, 2.24) is 20.2 Å². The molecule has 0 atom stereocenters. The first-order valence-electron chi connectivity index (χ1n) is 9.13. The fraction of sp³-hybridized carbons (Fsp3) is 0.273. The lowest BCUT2D eigenvalue weighted by Crippen LogP contribution is -2.15. The summed E-state index contributed by atoms with van der Waals surface area (Å²) in [6.45, 7) is 8.40. The fourth-order valence-corrected chi connectivity index (χ4v) is 2.69. The van der Waals surface area contributed by atoms with Crippen LogP contribution in [0.5, 0.6) is 0 Å². The van der Waals surface area contributed by atoms with E-state index in [-0.39, 0.29) is 17.7 Å². The molecule has 0 unspecified atom stereocenters. The van der Waals surface area contributed by atoms with Crippen molar-refractivity contribution in [2.45, 2.75) is 39.7 Å². The summed E-state index contributed by atoms with van der Waals surface area (Å²) in [7, 11) is 0. The summed E-state index contributed by atoms with van der Waals surface area (Å²) in [5.41, 5.74) is 3.36. The molecule has 0 aliphatic carbocycles. The van der Waals surface area contributed by atoms with Crippen molar-refractivity contribution >= 4 is 17.7 Å². The predicted octanol–water partition coefficient (Wildman–Crippen LogP) is 4.02. The van der Waals surface area contributed by atoms with E-state index in [1.54, 1.807) is 13.0 Å². The van der Waals surface area contributed by atoms with Crippen LogP contribution in [0.3, 0.4) is 0 Å². The molecule has 0 saturated carbocycles. The van der Waals surface area contributed by atoms with Crippen LogP contribution in [0.25, 0.3) is 11.8 Å². The van der Waals surface area contributed by atoms with E-state index in [0.717, 1.165) is 11.1 Å². The highest BCUT2D eigenvalue weighted by atomic mass is 16.5. The summed E-state index contributed by atoms with van der Waals surface area (Å²) in [6, 6.07) is 17.6. The average Bonchev–Trinajstić information content (AvgIpc) is 3.10. The number of aromatic nitrogens is 4. The molecule has 0 saturated heterocycles. The Kier molecular flexibility index (Phi) is 5.68. The van der Waals surface area contributed by atoms with Gasteiger partial charge >= 0.3 is 5.97 Å². The van der Waals surface area contributed by atoms with Crippen LogP contribution in [0.15, 0.2) is 54.6 Å². The van der Waals surface area contributed by atoms with Crippen molar-refractivity contribution in [3.63, 3.8) is 0 Å². The normalized spacial score (nSPS) is 12.1. The van der Waals surface area contributed by atoms with Gasteiger partial charge in [0, 0.05) is 0 Å². The Morgan fingerprint density at radius 1 is 1.07 bits per heavy atom. The fourth-order valence-electron chi connectivity index (χ4n) is 2.69. The molecule has 0 spiro atoms. The van der Waals surface area contributed by atoms with Gasteiger partial charge in [0.1, 0.15) is 6.61 Å². The van der Waals surface area contributed by atoms with Gasteiger partial charge in [-0.1, -0.05) is 75.4 Å². The molecule has 0 N–H and O–H groups in total. The van der Waals surface area contributed by atoms with E-state index in [9.17, 15) is 4.79 Å². The van der Waals surface area contributed by atoms with Crippen molar-refractivity contribution < 1.29 is 9.53 Å². The van der Waals surface area contributed by atoms with Crippen LogP contribution in [0.4, 0.5) is 0 Å². The molecule has 2 aromatic carbocycles. The molecule has 0 radical (unpaired) electrons. The summed E-state index contributed by atoms with van der Waals surface area (Å²) in [6.07, 6.45) is 1.72. The van der Waals surface area contributed by atoms with Gasteiger partial charge in [-0.3, -0.25) is 0 Å². The van der Waals surface area contributed by atoms with Crippen molar-refractivity contribution in [2.24, 2.45) is 0 Å².